The van der Waals surface area contributed by atoms with Crippen LogP contribution in [0.1, 0.15) is 34.7 Å². The molecule has 0 N–H and O–H groups in total. The average molecular weight is 353 g/mol. The monoisotopic (exact) mass is 353 g/mol. The lowest BCUT2D eigenvalue weighted by Crippen LogP contribution is -2.39. The molecule has 4 rings (SSSR count). The van der Waals surface area contributed by atoms with Crippen LogP contribution in [0.4, 0.5) is 0 Å². The molecule has 3 heterocycles. The minimum atomic E-state index is 0.119. The van der Waals surface area contributed by atoms with Crippen LogP contribution in [0.3, 0.4) is 0 Å². The zero-order valence-corrected chi connectivity index (χ0v) is 15.3. The summed E-state index contributed by atoms with van der Waals surface area (Å²) in [5, 5.41) is 8.68. The minimum absolute atomic E-state index is 0.119. The van der Waals surface area contributed by atoms with Gasteiger partial charge in [-0.3, -0.25) is 4.90 Å². The Morgan fingerprint density at radius 2 is 1.96 bits per heavy atom. The lowest BCUT2D eigenvalue weighted by atomic mass is 10.0. The van der Waals surface area contributed by atoms with Gasteiger partial charge in [0.05, 0.1) is 37.2 Å². The smallest absolute Gasteiger partial charge is 0.240 e. The predicted octanol–water partition coefficient (Wildman–Crippen LogP) is 2.75. The van der Waals surface area contributed by atoms with Gasteiger partial charge >= 0.3 is 0 Å². The van der Waals surface area contributed by atoms with E-state index in [1.807, 2.05) is 29.8 Å². The van der Waals surface area contributed by atoms with E-state index < -0.39 is 0 Å². The van der Waals surface area contributed by atoms with Crippen LogP contribution in [-0.2, 0) is 11.3 Å². The Hall–Kier alpha value is -2.51. The number of ether oxygens (including phenoxy) is 1. The van der Waals surface area contributed by atoms with Gasteiger partial charge in [0.25, 0.3) is 0 Å². The SMILES string of the molecule is Cc1noc(CN2CCOC[C@@H]2c2c(C)nn(-c3ccccc3)c2C)n1. The van der Waals surface area contributed by atoms with Crippen LogP contribution in [0.2, 0.25) is 0 Å². The minimum Gasteiger partial charge on any atom is -0.378 e. The standard InChI is InChI=1S/C19H23N5O2/c1-13-19(14(2)24(21-13)16-7-5-4-6-8-16)17-12-25-10-9-23(17)11-18-20-15(3)22-26-18/h4-8,17H,9-12H2,1-3H3/t17-/m1/s1. The third-order valence-electron chi connectivity index (χ3n) is 4.83. The molecular formula is C19H23N5O2. The number of benzene rings is 1. The Morgan fingerprint density at radius 1 is 1.15 bits per heavy atom. The first-order valence-corrected chi connectivity index (χ1v) is 8.86. The normalized spacial score (nSPS) is 18.3. The molecule has 1 aromatic carbocycles. The maximum atomic E-state index is 5.79. The van der Waals surface area contributed by atoms with Crippen molar-refractivity contribution in [2.45, 2.75) is 33.4 Å². The third kappa shape index (κ3) is 3.15. The van der Waals surface area contributed by atoms with Gasteiger partial charge in [-0.1, -0.05) is 23.4 Å². The summed E-state index contributed by atoms with van der Waals surface area (Å²) in [6.07, 6.45) is 0. The van der Waals surface area contributed by atoms with Crippen molar-refractivity contribution in [3.8, 4) is 5.69 Å². The molecule has 2 aromatic heterocycles. The molecule has 1 atom stereocenters. The van der Waals surface area contributed by atoms with E-state index in [0.717, 1.165) is 23.6 Å². The first kappa shape index (κ1) is 16.9. The van der Waals surface area contributed by atoms with Crippen molar-refractivity contribution < 1.29 is 9.26 Å². The molecule has 3 aromatic rings. The zero-order valence-electron chi connectivity index (χ0n) is 15.3. The number of para-hydroxylation sites is 1. The first-order chi connectivity index (χ1) is 12.6. The number of morpholine rings is 1. The summed E-state index contributed by atoms with van der Waals surface area (Å²) < 4.78 is 13.1. The lowest BCUT2D eigenvalue weighted by molar-refractivity contribution is -0.0172. The van der Waals surface area contributed by atoms with Gasteiger partial charge in [0.15, 0.2) is 5.82 Å². The maximum Gasteiger partial charge on any atom is 0.240 e. The molecule has 0 spiro atoms. The second-order valence-corrected chi connectivity index (χ2v) is 6.63. The second kappa shape index (κ2) is 7.01. The van der Waals surface area contributed by atoms with Gasteiger partial charge in [-0.2, -0.15) is 10.1 Å². The Morgan fingerprint density at radius 3 is 2.69 bits per heavy atom. The summed E-state index contributed by atoms with van der Waals surface area (Å²) in [6, 6.07) is 10.3. The van der Waals surface area contributed by atoms with Gasteiger partial charge in [-0.25, -0.2) is 4.68 Å². The summed E-state index contributed by atoms with van der Waals surface area (Å²) in [5.74, 6) is 1.30. The highest BCUT2D eigenvalue weighted by molar-refractivity contribution is 5.38. The molecule has 1 aliphatic rings. The van der Waals surface area contributed by atoms with Crippen molar-refractivity contribution in [3.63, 3.8) is 0 Å². The molecule has 7 heteroatoms. The molecular weight excluding hydrogens is 330 g/mol. The Bertz CT molecular complexity index is 887. The van der Waals surface area contributed by atoms with E-state index in [1.165, 1.54) is 5.56 Å². The van der Waals surface area contributed by atoms with Crippen molar-refractivity contribution in [1.82, 2.24) is 24.8 Å². The van der Waals surface area contributed by atoms with E-state index in [4.69, 9.17) is 14.4 Å². The zero-order chi connectivity index (χ0) is 18.1. The predicted molar refractivity (Wildman–Crippen MR) is 96.0 cm³/mol. The van der Waals surface area contributed by atoms with Gasteiger partial charge in [0.2, 0.25) is 5.89 Å². The van der Waals surface area contributed by atoms with Crippen LogP contribution in [0.25, 0.3) is 5.69 Å². The van der Waals surface area contributed by atoms with E-state index in [1.54, 1.807) is 0 Å². The van der Waals surface area contributed by atoms with Crippen molar-refractivity contribution in [2.75, 3.05) is 19.8 Å². The van der Waals surface area contributed by atoms with Crippen molar-refractivity contribution in [1.29, 1.82) is 0 Å². The fourth-order valence-electron chi connectivity index (χ4n) is 3.63. The largest absolute Gasteiger partial charge is 0.378 e. The average Bonchev–Trinajstić information content (AvgIpc) is 3.19. The fraction of sp³-hybridized carbons (Fsp3) is 0.421. The van der Waals surface area contributed by atoms with Gasteiger partial charge in [-0.15, -0.1) is 0 Å². The van der Waals surface area contributed by atoms with Gasteiger partial charge in [-0.05, 0) is 32.9 Å². The maximum absolute atomic E-state index is 5.79. The second-order valence-electron chi connectivity index (χ2n) is 6.63. The van der Waals surface area contributed by atoms with Crippen LogP contribution >= 0.6 is 0 Å². The number of hydrogen-bond acceptors (Lipinski definition) is 6. The van der Waals surface area contributed by atoms with Crippen LogP contribution in [0.15, 0.2) is 34.9 Å². The van der Waals surface area contributed by atoms with E-state index in [2.05, 4.69) is 41.0 Å². The molecule has 0 unspecified atom stereocenters. The molecule has 1 fully saturated rings. The molecule has 0 bridgehead atoms. The quantitative estimate of drug-likeness (QED) is 0.718. The molecule has 1 aliphatic heterocycles. The van der Waals surface area contributed by atoms with Crippen LogP contribution < -0.4 is 0 Å². The molecule has 0 amide bonds. The molecule has 0 radical (unpaired) electrons. The van der Waals surface area contributed by atoms with Crippen molar-refractivity contribution in [2.24, 2.45) is 0 Å². The summed E-state index contributed by atoms with van der Waals surface area (Å²) in [6.45, 7) is 8.79. The molecule has 0 aliphatic carbocycles. The van der Waals surface area contributed by atoms with E-state index in [0.29, 0.717) is 31.5 Å². The van der Waals surface area contributed by atoms with Crippen molar-refractivity contribution >= 4 is 0 Å². The van der Waals surface area contributed by atoms with Crippen LogP contribution in [-0.4, -0.2) is 44.6 Å². The molecule has 7 nitrogen and oxygen atoms in total. The Labute approximate surface area is 152 Å². The highest BCUT2D eigenvalue weighted by Gasteiger charge is 2.31. The van der Waals surface area contributed by atoms with E-state index in [9.17, 15) is 0 Å². The van der Waals surface area contributed by atoms with E-state index >= 15 is 0 Å². The summed E-state index contributed by atoms with van der Waals surface area (Å²) >= 11 is 0. The fourth-order valence-corrected chi connectivity index (χ4v) is 3.63. The highest BCUT2D eigenvalue weighted by atomic mass is 16.5. The van der Waals surface area contributed by atoms with Crippen LogP contribution in [0, 0.1) is 20.8 Å². The Balaban J connectivity index is 1.67. The molecule has 26 heavy (non-hydrogen) atoms. The third-order valence-corrected chi connectivity index (χ3v) is 4.83. The van der Waals surface area contributed by atoms with Gasteiger partial charge in [0.1, 0.15) is 0 Å². The topological polar surface area (TPSA) is 69.2 Å². The Kier molecular flexibility index (Phi) is 4.57. The highest BCUT2D eigenvalue weighted by Crippen LogP contribution is 2.31. The van der Waals surface area contributed by atoms with E-state index in [-0.39, 0.29) is 6.04 Å². The van der Waals surface area contributed by atoms with Crippen LogP contribution in [0.5, 0.6) is 0 Å². The molecule has 1 saturated heterocycles. The number of aryl methyl sites for hydroxylation is 2. The molecule has 0 saturated carbocycles. The molecule has 136 valence electrons. The number of rotatable bonds is 4. The summed E-state index contributed by atoms with van der Waals surface area (Å²) in [5.41, 5.74) is 4.43. The summed E-state index contributed by atoms with van der Waals surface area (Å²) in [4.78, 5) is 6.69. The number of hydrogen-bond donors (Lipinski definition) is 0. The number of aromatic nitrogens is 4. The first-order valence-electron chi connectivity index (χ1n) is 8.86. The van der Waals surface area contributed by atoms with Crippen molar-refractivity contribution in [3.05, 3.63) is 59.0 Å². The number of nitrogens with zero attached hydrogens (tertiary/aromatic N) is 5. The van der Waals surface area contributed by atoms with Gasteiger partial charge in [0, 0.05) is 17.8 Å². The summed E-state index contributed by atoms with van der Waals surface area (Å²) in [7, 11) is 0. The van der Waals surface area contributed by atoms with Gasteiger partial charge < -0.3 is 9.26 Å². The lowest BCUT2D eigenvalue weighted by Gasteiger charge is -2.35.